The average Bonchev–Trinajstić information content (AvgIpc) is 3.63. The van der Waals surface area contributed by atoms with E-state index in [0.29, 0.717) is 22.9 Å². The van der Waals surface area contributed by atoms with Crippen LogP contribution in [0.25, 0.3) is 44.4 Å². The van der Waals surface area contributed by atoms with Crippen LogP contribution in [-0.4, -0.2) is 33.6 Å². The molecule has 0 saturated heterocycles. The van der Waals surface area contributed by atoms with Crippen LogP contribution in [0.2, 0.25) is 0 Å². The maximum atomic E-state index is 14.9. The van der Waals surface area contributed by atoms with E-state index in [0.717, 1.165) is 44.3 Å². The molecule has 0 bridgehead atoms. The normalized spacial score (nSPS) is 11.0. The number of nitrogens with zero attached hydrogens (tertiary/aromatic N) is 4. The Balaban J connectivity index is 0.00000343. The third-order valence-electron chi connectivity index (χ3n) is 7.25. The van der Waals surface area contributed by atoms with Gasteiger partial charge in [0.15, 0.2) is 0 Å². The molecule has 0 spiro atoms. The van der Waals surface area contributed by atoms with Gasteiger partial charge in [0.1, 0.15) is 17.3 Å². The van der Waals surface area contributed by atoms with Gasteiger partial charge in [0.25, 0.3) is 0 Å². The zero-order valence-corrected chi connectivity index (χ0v) is 26.2. The molecule has 7 nitrogen and oxygen atoms in total. The predicted molar refractivity (Wildman–Crippen MR) is 163 cm³/mol. The summed E-state index contributed by atoms with van der Waals surface area (Å²) in [6.07, 6.45) is 5.22. The zero-order chi connectivity index (χ0) is 29.5. The van der Waals surface area contributed by atoms with E-state index < -0.39 is 5.82 Å². The first-order valence-corrected chi connectivity index (χ1v) is 13.6. The van der Waals surface area contributed by atoms with Crippen LogP contribution in [0, 0.1) is 24.9 Å². The van der Waals surface area contributed by atoms with Crippen LogP contribution < -0.4 is 14.2 Å². The van der Waals surface area contributed by atoms with E-state index in [1.807, 2.05) is 61.5 Å². The fourth-order valence-electron chi connectivity index (χ4n) is 5.33. The minimum absolute atomic E-state index is 0. The number of para-hydroxylation sites is 1. The molecule has 0 N–H and O–H groups in total. The van der Waals surface area contributed by atoms with E-state index >= 15 is 0 Å². The van der Waals surface area contributed by atoms with E-state index in [4.69, 9.17) is 14.2 Å². The number of methoxy groups -OCH3 is 2. The largest absolute Gasteiger partial charge is 2.00 e. The molecule has 44 heavy (non-hydrogen) atoms. The zero-order valence-electron chi connectivity index (χ0n) is 23.9. The molecule has 7 rings (SSSR count). The van der Waals surface area contributed by atoms with Gasteiger partial charge in [-0.15, -0.1) is 29.7 Å². The second-order valence-corrected chi connectivity index (χ2v) is 9.99. The Bertz CT molecular complexity index is 2120. The molecule has 0 radical (unpaired) electrons. The number of benzene rings is 4. The van der Waals surface area contributed by atoms with Crippen molar-refractivity contribution in [3.05, 3.63) is 121 Å². The van der Waals surface area contributed by atoms with Crippen LogP contribution in [0.4, 0.5) is 4.39 Å². The molecular formula is C35H25FN4O3Pt. The van der Waals surface area contributed by atoms with Gasteiger partial charge in [0, 0.05) is 40.8 Å². The Hall–Kier alpha value is -4.94. The summed E-state index contributed by atoms with van der Waals surface area (Å²) in [6, 6.07) is 30.6. The first-order valence-electron chi connectivity index (χ1n) is 13.6. The molecule has 7 aromatic rings. The van der Waals surface area contributed by atoms with Gasteiger partial charge in [0.05, 0.1) is 26.0 Å². The van der Waals surface area contributed by atoms with Gasteiger partial charge in [-0.1, -0.05) is 35.8 Å². The number of fused-ring (bicyclic) bond motifs is 3. The van der Waals surface area contributed by atoms with Crippen LogP contribution in [0.5, 0.6) is 23.0 Å². The first-order chi connectivity index (χ1) is 21.0. The van der Waals surface area contributed by atoms with Crippen molar-refractivity contribution in [3.63, 3.8) is 0 Å². The fourth-order valence-corrected chi connectivity index (χ4v) is 5.33. The SMILES string of the molecule is COc1cccc(OC)c1-c1cnn(-c2[c-]c(Oc3[c-]c4c(cc3)c3ccccc3n4-c3cc(C)ccn3)cc(F)c2)c1.[Pt+2]. The Morgan fingerprint density at radius 1 is 0.818 bits per heavy atom. The summed E-state index contributed by atoms with van der Waals surface area (Å²) in [4.78, 5) is 4.62. The van der Waals surface area contributed by atoms with E-state index in [9.17, 15) is 4.39 Å². The van der Waals surface area contributed by atoms with Gasteiger partial charge < -0.3 is 18.8 Å². The smallest absolute Gasteiger partial charge is 0.509 e. The average molecular weight is 764 g/mol. The molecule has 0 fully saturated rings. The summed E-state index contributed by atoms with van der Waals surface area (Å²) in [7, 11) is 3.19. The minimum Gasteiger partial charge on any atom is -0.509 e. The van der Waals surface area contributed by atoms with Crippen LogP contribution >= 0.6 is 0 Å². The predicted octanol–water partition coefficient (Wildman–Crippen LogP) is 7.89. The number of ether oxygens (including phenoxy) is 3. The van der Waals surface area contributed by atoms with Gasteiger partial charge in [-0.05, 0) is 53.9 Å². The van der Waals surface area contributed by atoms with Crippen LogP contribution in [0.15, 0.2) is 97.5 Å². The van der Waals surface area contributed by atoms with E-state index in [1.165, 1.54) is 16.8 Å². The summed E-state index contributed by atoms with van der Waals surface area (Å²) >= 11 is 0. The molecule has 4 aromatic carbocycles. The second-order valence-electron chi connectivity index (χ2n) is 9.99. The van der Waals surface area contributed by atoms with Crippen molar-refractivity contribution in [2.45, 2.75) is 6.92 Å². The van der Waals surface area contributed by atoms with Crippen molar-refractivity contribution >= 4 is 21.8 Å². The molecule has 3 heterocycles. The number of aryl methyl sites for hydroxylation is 1. The van der Waals surface area contributed by atoms with Gasteiger partial charge in [0.2, 0.25) is 0 Å². The molecule has 220 valence electrons. The molecule has 0 saturated carbocycles. The third kappa shape index (κ3) is 5.22. The molecule has 0 aliphatic rings. The van der Waals surface area contributed by atoms with E-state index in [-0.39, 0.29) is 26.8 Å². The first kappa shape index (κ1) is 29.1. The maximum absolute atomic E-state index is 14.9. The fraction of sp³-hybridized carbons (Fsp3) is 0.0857. The second kappa shape index (κ2) is 12.0. The summed E-state index contributed by atoms with van der Waals surface area (Å²) in [5.41, 5.74) is 4.75. The Morgan fingerprint density at radius 3 is 2.39 bits per heavy atom. The van der Waals surface area contributed by atoms with Crippen molar-refractivity contribution < 1.29 is 39.7 Å². The van der Waals surface area contributed by atoms with Crippen molar-refractivity contribution in [2.75, 3.05) is 14.2 Å². The van der Waals surface area contributed by atoms with Crippen molar-refractivity contribution in [3.8, 4) is 45.6 Å². The summed E-state index contributed by atoms with van der Waals surface area (Å²) in [6.45, 7) is 2.03. The van der Waals surface area contributed by atoms with Crippen molar-refractivity contribution in [1.82, 2.24) is 19.3 Å². The van der Waals surface area contributed by atoms with E-state index in [1.54, 1.807) is 32.8 Å². The standard InChI is InChI=1S/C35H25FN4O3.Pt/c1-22-13-14-37-34(15-22)40-30-8-5-4-7-28(30)29-12-11-26(19-31(29)40)43-27-17-24(36)16-25(18-27)39-21-23(20-38-39)35-32(41-2)9-6-10-33(35)42-3;/h4-17,20-21H,1-3H3;/q-2;+2. The molecule has 3 aromatic heterocycles. The third-order valence-corrected chi connectivity index (χ3v) is 7.25. The van der Waals surface area contributed by atoms with E-state index in [2.05, 4.69) is 38.9 Å². The maximum Gasteiger partial charge on any atom is 2.00 e. The number of pyridine rings is 1. The number of halogens is 1. The molecule has 0 aliphatic heterocycles. The van der Waals surface area contributed by atoms with Crippen molar-refractivity contribution in [2.24, 2.45) is 0 Å². The topological polar surface area (TPSA) is 63.3 Å². The van der Waals surface area contributed by atoms with Gasteiger partial charge in [-0.25, -0.2) is 9.37 Å². The quantitative estimate of drug-likeness (QED) is 0.155. The molecule has 0 atom stereocenters. The van der Waals surface area contributed by atoms with Crippen molar-refractivity contribution in [1.29, 1.82) is 0 Å². The number of aromatic nitrogens is 4. The van der Waals surface area contributed by atoms with Crippen LogP contribution in [0.1, 0.15) is 5.56 Å². The van der Waals surface area contributed by atoms with Crippen LogP contribution in [0.3, 0.4) is 0 Å². The Labute approximate surface area is 267 Å². The van der Waals surface area contributed by atoms with Gasteiger partial charge in [-0.2, -0.15) is 11.2 Å². The monoisotopic (exact) mass is 763 g/mol. The Morgan fingerprint density at radius 2 is 1.61 bits per heavy atom. The number of hydrogen-bond donors (Lipinski definition) is 0. The minimum atomic E-state index is -0.491. The number of rotatable bonds is 7. The summed E-state index contributed by atoms with van der Waals surface area (Å²) in [5, 5.41) is 6.53. The number of hydrogen-bond acceptors (Lipinski definition) is 5. The summed E-state index contributed by atoms with van der Waals surface area (Å²) < 4.78 is 35.7. The molecule has 9 heteroatoms. The summed E-state index contributed by atoms with van der Waals surface area (Å²) in [5.74, 6) is 2.16. The molecule has 0 amide bonds. The van der Waals surface area contributed by atoms with Crippen LogP contribution in [-0.2, 0) is 21.1 Å². The van der Waals surface area contributed by atoms with Gasteiger partial charge >= 0.3 is 21.1 Å². The molecular weight excluding hydrogens is 738 g/mol. The molecule has 0 aliphatic carbocycles. The molecule has 0 unspecified atom stereocenters. The Kier molecular flexibility index (Phi) is 7.93. The van der Waals surface area contributed by atoms with Gasteiger partial charge in [-0.3, -0.25) is 4.68 Å².